The maximum atomic E-state index is 3.63. The van der Waals surface area contributed by atoms with Gasteiger partial charge in [-0.1, -0.05) is 60.7 Å². The molecule has 2 atom stereocenters. The Morgan fingerprint density at radius 2 is 1.68 bits per heavy atom. The van der Waals surface area contributed by atoms with Gasteiger partial charge in [-0.05, 0) is 37.4 Å². The second-order valence-electron chi connectivity index (χ2n) is 6.32. The first kappa shape index (κ1) is 15.3. The van der Waals surface area contributed by atoms with E-state index in [1.54, 1.807) is 0 Å². The lowest BCUT2D eigenvalue weighted by atomic mass is 10.0. The van der Waals surface area contributed by atoms with Crippen LogP contribution >= 0.6 is 0 Å². The van der Waals surface area contributed by atoms with Crippen LogP contribution in [0.5, 0.6) is 0 Å². The Labute approximate surface area is 134 Å². The summed E-state index contributed by atoms with van der Waals surface area (Å²) in [6.07, 6.45) is 2.39. The molecule has 1 aliphatic heterocycles. The lowest BCUT2D eigenvalue weighted by Crippen LogP contribution is -2.51. The highest BCUT2D eigenvalue weighted by molar-refractivity contribution is 5.20. The average Bonchev–Trinajstić information content (AvgIpc) is 2.57. The summed E-state index contributed by atoms with van der Waals surface area (Å²) >= 11 is 0. The summed E-state index contributed by atoms with van der Waals surface area (Å²) in [7, 11) is 0. The molecule has 2 heteroatoms. The van der Waals surface area contributed by atoms with E-state index in [1.165, 1.54) is 30.5 Å². The minimum Gasteiger partial charge on any atom is -0.311 e. The summed E-state index contributed by atoms with van der Waals surface area (Å²) in [4.78, 5) is 2.65. The number of nitrogens with zero attached hydrogens (tertiary/aromatic N) is 1. The minimum absolute atomic E-state index is 0.508. The second kappa shape index (κ2) is 7.57. The molecule has 1 fully saturated rings. The highest BCUT2D eigenvalue weighted by Gasteiger charge is 2.26. The van der Waals surface area contributed by atoms with Gasteiger partial charge in [-0.3, -0.25) is 4.90 Å². The molecular formula is C20H26N2. The van der Waals surface area contributed by atoms with E-state index in [9.17, 15) is 0 Å². The van der Waals surface area contributed by atoms with Crippen LogP contribution in [0.2, 0.25) is 0 Å². The number of aryl methyl sites for hydroxylation is 1. The van der Waals surface area contributed by atoms with Gasteiger partial charge in [0.25, 0.3) is 0 Å². The van der Waals surface area contributed by atoms with E-state index in [4.69, 9.17) is 0 Å². The van der Waals surface area contributed by atoms with Gasteiger partial charge in [-0.2, -0.15) is 0 Å². The molecule has 3 rings (SSSR count). The number of hydrogen-bond acceptors (Lipinski definition) is 2. The molecule has 2 nitrogen and oxygen atoms in total. The van der Waals surface area contributed by atoms with Crippen molar-refractivity contribution in [3.05, 3.63) is 71.8 Å². The Morgan fingerprint density at radius 1 is 1.00 bits per heavy atom. The third-order valence-electron chi connectivity index (χ3n) is 4.55. The predicted molar refractivity (Wildman–Crippen MR) is 93.0 cm³/mol. The molecule has 0 saturated carbocycles. The lowest BCUT2D eigenvalue weighted by Gasteiger charge is -2.39. The Kier molecular flexibility index (Phi) is 5.25. The van der Waals surface area contributed by atoms with Gasteiger partial charge < -0.3 is 5.32 Å². The molecule has 2 unspecified atom stereocenters. The fraction of sp³-hybridized carbons (Fsp3) is 0.400. The van der Waals surface area contributed by atoms with Crippen molar-refractivity contribution in [2.75, 3.05) is 19.6 Å². The van der Waals surface area contributed by atoms with Crippen LogP contribution in [-0.2, 0) is 6.42 Å². The van der Waals surface area contributed by atoms with Crippen LogP contribution < -0.4 is 5.32 Å². The third kappa shape index (κ3) is 3.96. The zero-order chi connectivity index (χ0) is 15.2. The van der Waals surface area contributed by atoms with Crippen molar-refractivity contribution in [3.63, 3.8) is 0 Å². The van der Waals surface area contributed by atoms with Crippen LogP contribution in [0.25, 0.3) is 0 Å². The zero-order valence-corrected chi connectivity index (χ0v) is 13.4. The highest BCUT2D eigenvalue weighted by Crippen LogP contribution is 2.23. The summed E-state index contributed by atoms with van der Waals surface area (Å²) in [5, 5.41) is 3.63. The maximum absolute atomic E-state index is 3.63. The number of nitrogens with one attached hydrogen (secondary N) is 1. The van der Waals surface area contributed by atoms with E-state index in [-0.39, 0.29) is 0 Å². The largest absolute Gasteiger partial charge is 0.311 e. The predicted octanol–water partition coefficient (Wildman–Crippen LogP) is 3.65. The quantitative estimate of drug-likeness (QED) is 0.905. The van der Waals surface area contributed by atoms with Crippen LogP contribution in [-0.4, -0.2) is 30.6 Å². The van der Waals surface area contributed by atoms with Crippen molar-refractivity contribution < 1.29 is 0 Å². The monoisotopic (exact) mass is 294 g/mol. The van der Waals surface area contributed by atoms with E-state index in [0.717, 1.165) is 13.1 Å². The molecular weight excluding hydrogens is 268 g/mol. The first-order chi connectivity index (χ1) is 10.8. The molecule has 2 aromatic rings. The molecule has 116 valence electrons. The SMILES string of the molecule is CC1CN(CCCc2ccccc2)C(c2ccccc2)CN1. The van der Waals surface area contributed by atoms with Crippen molar-refractivity contribution in [2.24, 2.45) is 0 Å². The minimum atomic E-state index is 0.508. The summed E-state index contributed by atoms with van der Waals surface area (Å²) < 4.78 is 0. The van der Waals surface area contributed by atoms with Gasteiger partial charge in [0.05, 0.1) is 0 Å². The normalized spacial score (nSPS) is 22.6. The summed E-state index contributed by atoms with van der Waals surface area (Å²) in [6.45, 7) is 5.64. The molecule has 0 aliphatic carbocycles. The number of piperazine rings is 1. The fourth-order valence-electron chi connectivity index (χ4n) is 3.37. The molecule has 1 N–H and O–H groups in total. The second-order valence-corrected chi connectivity index (χ2v) is 6.32. The van der Waals surface area contributed by atoms with E-state index in [0.29, 0.717) is 12.1 Å². The molecule has 0 aromatic heterocycles. The van der Waals surface area contributed by atoms with Crippen molar-refractivity contribution in [1.29, 1.82) is 0 Å². The Bertz CT molecular complexity index is 552. The number of benzene rings is 2. The van der Waals surface area contributed by atoms with Gasteiger partial charge >= 0.3 is 0 Å². The van der Waals surface area contributed by atoms with E-state index in [2.05, 4.69) is 77.8 Å². The maximum Gasteiger partial charge on any atom is 0.0473 e. The van der Waals surface area contributed by atoms with Crippen LogP contribution in [0.4, 0.5) is 0 Å². The van der Waals surface area contributed by atoms with Gasteiger partial charge in [0.2, 0.25) is 0 Å². The van der Waals surface area contributed by atoms with Crippen LogP contribution in [0.1, 0.15) is 30.5 Å². The van der Waals surface area contributed by atoms with Crippen LogP contribution in [0.15, 0.2) is 60.7 Å². The van der Waals surface area contributed by atoms with Crippen molar-refractivity contribution in [2.45, 2.75) is 31.8 Å². The third-order valence-corrected chi connectivity index (χ3v) is 4.55. The molecule has 1 heterocycles. The number of hydrogen-bond donors (Lipinski definition) is 1. The van der Waals surface area contributed by atoms with Crippen molar-refractivity contribution in [1.82, 2.24) is 10.2 Å². The number of rotatable bonds is 5. The first-order valence-corrected chi connectivity index (χ1v) is 8.39. The molecule has 0 spiro atoms. The van der Waals surface area contributed by atoms with Crippen molar-refractivity contribution in [3.8, 4) is 0 Å². The zero-order valence-electron chi connectivity index (χ0n) is 13.4. The standard InChI is InChI=1S/C20H26N2/c1-17-16-22(14-8-11-18-9-4-2-5-10-18)20(15-21-17)19-12-6-3-7-13-19/h2-7,9-10,12-13,17,20-21H,8,11,14-16H2,1H3. The van der Waals surface area contributed by atoms with Gasteiger partial charge in [-0.25, -0.2) is 0 Å². The summed E-state index contributed by atoms with van der Waals surface area (Å²) in [5.41, 5.74) is 2.88. The van der Waals surface area contributed by atoms with E-state index < -0.39 is 0 Å². The summed E-state index contributed by atoms with van der Waals surface area (Å²) in [6, 6.07) is 22.8. The topological polar surface area (TPSA) is 15.3 Å². The smallest absolute Gasteiger partial charge is 0.0473 e. The molecule has 0 radical (unpaired) electrons. The summed E-state index contributed by atoms with van der Waals surface area (Å²) in [5.74, 6) is 0. The fourth-order valence-corrected chi connectivity index (χ4v) is 3.37. The van der Waals surface area contributed by atoms with Crippen molar-refractivity contribution >= 4 is 0 Å². The van der Waals surface area contributed by atoms with Gasteiger partial charge in [0.15, 0.2) is 0 Å². The lowest BCUT2D eigenvalue weighted by molar-refractivity contribution is 0.134. The van der Waals surface area contributed by atoms with Crippen LogP contribution in [0.3, 0.4) is 0 Å². The Hall–Kier alpha value is -1.64. The molecule has 0 amide bonds. The van der Waals surface area contributed by atoms with Gasteiger partial charge in [0.1, 0.15) is 0 Å². The molecule has 22 heavy (non-hydrogen) atoms. The van der Waals surface area contributed by atoms with Crippen LogP contribution in [0, 0.1) is 0 Å². The first-order valence-electron chi connectivity index (χ1n) is 8.39. The van der Waals surface area contributed by atoms with E-state index in [1.807, 2.05) is 0 Å². The van der Waals surface area contributed by atoms with Gasteiger partial charge in [0, 0.05) is 25.2 Å². The highest BCUT2D eigenvalue weighted by atomic mass is 15.2. The van der Waals surface area contributed by atoms with Gasteiger partial charge in [-0.15, -0.1) is 0 Å². The Balaban J connectivity index is 1.61. The Morgan fingerprint density at radius 3 is 2.41 bits per heavy atom. The molecule has 1 saturated heterocycles. The van der Waals surface area contributed by atoms with E-state index >= 15 is 0 Å². The molecule has 1 aliphatic rings. The molecule has 0 bridgehead atoms. The molecule has 2 aromatic carbocycles. The average molecular weight is 294 g/mol.